The maximum atomic E-state index is 11.2. The minimum absolute atomic E-state index is 0.167. The Kier molecular flexibility index (Phi) is 5.11. The number of nitrogens with two attached hydrogens (primary N) is 1. The molecule has 0 radical (unpaired) electrons. The summed E-state index contributed by atoms with van der Waals surface area (Å²) in [5, 5.41) is 3.19. The maximum absolute atomic E-state index is 11.2. The van der Waals surface area contributed by atoms with Crippen LogP contribution in [0.4, 0.5) is 11.6 Å². The zero-order valence-electron chi connectivity index (χ0n) is 11.7. The van der Waals surface area contributed by atoms with Gasteiger partial charge in [0.05, 0.1) is 6.61 Å². The lowest BCUT2D eigenvalue weighted by Gasteiger charge is -2.09. The Morgan fingerprint density at radius 1 is 1.45 bits per heavy atom. The van der Waals surface area contributed by atoms with Crippen LogP contribution in [0.2, 0.25) is 0 Å². The number of esters is 1. The number of nitrogens with zero attached hydrogens (tertiary/aromatic N) is 2. The summed E-state index contributed by atoms with van der Waals surface area (Å²) in [6, 6.07) is 1.76. The van der Waals surface area contributed by atoms with Crippen molar-refractivity contribution in [2.75, 3.05) is 23.9 Å². The monoisotopic (exact) mass is 279 g/mol. The van der Waals surface area contributed by atoms with Crippen molar-refractivity contribution in [3.63, 3.8) is 0 Å². The van der Waals surface area contributed by atoms with E-state index >= 15 is 0 Å². The fourth-order valence-electron chi connectivity index (χ4n) is 1.84. The van der Waals surface area contributed by atoms with Gasteiger partial charge in [0.1, 0.15) is 17.5 Å². The minimum Gasteiger partial charge on any atom is -0.466 e. The molecule has 0 amide bonds. The molecule has 0 aliphatic heterocycles. The van der Waals surface area contributed by atoms with Gasteiger partial charge in [-0.3, -0.25) is 4.79 Å². The van der Waals surface area contributed by atoms with Crippen LogP contribution in [0, 0.1) is 0 Å². The highest BCUT2D eigenvalue weighted by Crippen LogP contribution is 2.38. The average molecular weight is 279 g/mol. The average Bonchev–Trinajstić information content (AvgIpc) is 3.28. The van der Waals surface area contributed by atoms with Crippen LogP contribution in [-0.2, 0) is 9.53 Å². The highest BCUT2D eigenvalue weighted by Gasteiger charge is 2.27. The van der Waals surface area contributed by atoms with Crippen LogP contribution >= 0.6 is 0 Å². The second kappa shape index (κ2) is 7.04. The SMILES string of the molecule is CCOC(=O)CCCNc1cc(NN)nc(C2CC2)n1. The zero-order chi connectivity index (χ0) is 14.4. The van der Waals surface area contributed by atoms with E-state index < -0.39 is 0 Å². The van der Waals surface area contributed by atoms with Gasteiger partial charge in [0.15, 0.2) is 0 Å². The number of nitrogens with one attached hydrogen (secondary N) is 2. The summed E-state index contributed by atoms with van der Waals surface area (Å²) in [5.74, 6) is 7.87. The van der Waals surface area contributed by atoms with Crippen LogP contribution in [0.5, 0.6) is 0 Å². The summed E-state index contributed by atoms with van der Waals surface area (Å²) in [6.45, 7) is 2.89. The molecule has 2 rings (SSSR count). The van der Waals surface area contributed by atoms with Gasteiger partial charge >= 0.3 is 5.97 Å². The highest BCUT2D eigenvalue weighted by atomic mass is 16.5. The van der Waals surface area contributed by atoms with Crippen molar-refractivity contribution in [1.29, 1.82) is 0 Å². The van der Waals surface area contributed by atoms with E-state index in [2.05, 4.69) is 20.7 Å². The first kappa shape index (κ1) is 14.5. The molecule has 1 aromatic heterocycles. The number of nitrogen functional groups attached to an aromatic ring is 1. The first-order valence-electron chi connectivity index (χ1n) is 6.98. The summed E-state index contributed by atoms with van der Waals surface area (Å²) in [4.78, 5) is 20.0. The summed E-state index contributed by atoms with van der Waals surface area (Å²) < 4.78 is 4.87. The van der Waals surface area contributed by atoms with E-state index in [4.69, 9.17) is 10.6 Å². The van der Waals surface area contributed by atoms with Gasteiger partial charge in [0.25, 0.3) is 0 Å². The van der Waals surface area contributed by atoms with E-state index in [0.29, 0.717) is 37.7 Å². The largest absolute Gasteiger partial charge is 0.466 e. The predicted molar refractivity (Wildman–Crippen MR) is 76.2 cm³/mol. The van der Waals surface area contributed by atoms with Crippen LogP contribution in [0.15, 0.2) is 6.07 Å². The first-order valence-corrected chi connectivity index (χ1v) is 6.98. The molecular weight excluding hydrogens is 258 g/mol. The van der Waals surface area contributed by atoms with Crippen LogP contribution < -0.4 is 16.6 Å². The lowest BCUT2D eigenvalue weighted by atomic mass is 10.3. The van der Waals surface area contributed by atoms with Crippen LogP contribution in [0.25, 0.3) is 0 Å². The number of hydrogen-bond acceptors (Lipinski definition) is 7. The van der Waals surface area contributed by atoms with Crippen molar-refractivity contribution >= 4 is 17.6 Å². The molecule has 0 aromatic carbocycles. The molecule has 4 N–H and O–H groups in total. The third kappa shape index (κ3) is 4.34. The Bertz CT molecular complexity index is 462. The second-order valence-electron chi connectivity index (χ2n) is 4.75. The van der Waals surface area contributed by atoms with Crippen molar-refractivity contribution in [1.82, 2.24) is 9.97 Å². The molecule has 1 saturated carbocycles. The number of aromatic nitrogens is 2. The first-order chi connectivity index (χ1) is 9.72. The van der Waals surface area contributed by atoms with Crippen molar-refractivity contribution < 1.29 is 9.53 Å². The molecular formula is C13H21N5O2. The van der Waals surface area contributed by atoms with Crippen LogP contribution in [0.1, 0.15) is 44.3 Å². The van der Waals surface area contributed by atoms with Gasteiger partial charge in [-0.1, -0.05) is 0 Å². The van der Waals surface area contributed by atoms with E-state index in [0.717, 1.165) is 24.5 Å². The number of hydrogen-bond donors (Lipinski definition) is 3. The van der Waals surface area contributed by atoms with Crippen molar-refractivity contribution in [3.05, 3.63) is 11.9 Å². The topological polar surface area (TPSA) is 102 Å². The summed E-state index contributed by atoms with van der Waals surface area (Å²) >= 11 is 0. The molecule has 7 nitrogen and oxygen atoms in total. The molecule has 0 bridgehead atoms. The van der Waals surface area contributed by atoms with Crippen molar-refractivity contribution in [2.45, 2.75) is 38.5 Å². The third-order valence-corrected chi connectivity index (χ3v) is 3.00. The minimum atomic E-state index is -0.167. The number of carbonyl (C=O) groups excluding carboxylic acids is 1. The smallest absolute Gasteiger partial charge is 0.305 e. The summed E-state index contributed by atoms with van der Waals surface area (Å²) in [7, 11) is 0. The Balaban J connectivity index is 1.82. The van der Waals surface area contributed by atoms with Gasteiger partial charge in [-0.05, 0) is 26.2 Å². The highest BCUT2D eigenvalue weighted by molar-refractivity contribution is 5.69. The third-order valence-electron chi connectivity index (χ3n) is 3.00. The predicted octanol–water partition coefficient (Wildman–Crippen LogP) is 1.39. The lowest BCUT2D eigenvalue weighted by molar-refractivity contribution is -0.143. The lowest BCUT2D eigenvalue weighted by Crippen LogP contribution is -2.13. The van der Waals surface area contributed by atoms with Crippen LogP contribution in [-0.4, -0.2) is 29.1 Å². The Morgan fingerprint density at radius 3 is 2.85 bits per heavy atom. The van der Waals surface area contributed by atoms with E-state index in [9.17, 15) is 4.79 Å². The van der Waals surface area contributed by atoms with Gasteiger partial charge in [0, 0.05) is 24.9 Å². The molecule has 110 valence electrons. The van der Waals surface area contributed by atoms with Gasteiger partial charge < -0.3 is 15.5 Å². The molecule has 1 aliphatic rings. The number of anilines is 2. The van der Waals surface area contributed by atoms with Crippen LogP contribution in [0.3, 0.4) is 0 Å². The molecule has 1 heterocycles. The Hall–Kier alpha value is -1.89. The molecule has 0 spiro atoms. The fraction of sp³-hybridized carbons (Fsp3) is 0.615. The molecule has 20 heavy (non-hydrogen) atoms. The Morgan fingerprint density at radius 2 is 2.20 bits per heavy atom. The molecule has 1 aliphatic carbocycles. The van der Waals surface area contributed by atoms with Gasteiger partial charge in [-0.15, -0.1) is 0 Å². The normalized spacial score (nSPS) is 13.9. The quantitative estimate of drug-likeness (QED) is 0.286. The van der Waals surface area contributed by atoms with Gasteiger partial charge in [-0.25, -0.2) is 15.8 Å². The van der Waals surface area contributed by atoms with E-state index in [1.165, 1.54) is 0 Å². The van der Waals surface area contributed by atoms with E-state index in [1.54, 1.807) is 13.0 Å². The molecule has 7 heteroatoms. The molecule has 0 atom stereocenters. The molecule has 0 saturated heterocycles. The number of carbonyl (C=O) groups is 1. The van der Waals surface area contributed by atoms with E-state index in [-0.39, 0.29) is 5.97 Å². The second-order valence-corrected chi connectivity index (χ2v) is 4.75. The maximum Gasteiger partial charge on any atom is 0.305 e. The van der Waals surface area contributed by atoms with Crippen molar-refractivity contribution in [3.8, 4) is 0 Å². The van der Waals surface area contributed by atoms with Gasteiger partial charge in [-0.2, -0.15) is 0 Å². The molecule has 1 aromatic rings. The summed E-state index contributed by atoms with van der Waals surface area (Å²) in [6.07, 6.45) is 3.38. The number of ether oxygens (including phenoxy) is 1. The zero-order valence-corrected chi connectivity index (χ0v) is 11.7. The Labute approximate surface area is 118 Å². The van der Waals surface area contributed by atoms with Crippen molar-refractivity contribution in [2.24, 2.45) is 5.84 Å². The molecule has 1 fully saturated rings. The standard InChI is InChI=1S/C13H21N5O2/c1-2-20-12(19)4-3-7-15-10-8-11(18-14)17-13(16-10)9-5-6-9/h8-9H,2-7,14H2,1H3,(H2,15,16,17,18). The number of rotatable bonds is 8. The summed E-state index contributed by atoms with van der Waals surface area (Å²) in [5.41, 5.74) is 2.55. The number of hydrazine groups is 1. The van der Waals surface area contributed by atoms with Gasteiger partial charge in [0.2, 0.25) is 0 Å². The molecule has 0 unspecified atom stereocenters. The fourth-order valence-corrected chi connectivity index (χ4v) is 1.84. The van der Waals surface area contributed by atoms with E-state index in [1.807, 2.05) is 0 Å².